The standard InChI is InChI=1S/C11H8BrIS/c1-7-2-3-11(14-7)8-4-9(12)6-10(13)5-8/h2-6H,1H3. The molecule has 0 amide bonds. The first-order valence-corrected chi connectivity index (χ1v) is 6.87. The van der Waals surface area contributed by atoms with E-state index in [1.165, 1.54) is 18.9 Å². The van der Waals surface area contributed by atoms with E-state index in [1.54, 1.807) is 0 Å². The fraction of sp³-hybridized carbons (Fsp3) is 0.0909. The summed E-state index contributed by atoms with van der Waals surface area (Å²) in [6.45, 7) is 2.14. The lowest BCUT2D eigenvalue weighted by Crippen LogP contribution is -1.76. The molecule has 0 aliphatic carbocycles. The topological polar surface area (TPSA) is 0 Å². The zero-order chi connectivity index (χ0) is 10.1. The van der Waals surface area contributed by atoms with Gasteiger partial charge in [-0.25, -0.2) is 0 Å². The maximum atomic E-state index is 3.52. The predicted molar refractivity (Wildman–Crippen MR) is 74.9 cm³/mol. The van der Waals surface area contributed by atoms with Crippen LogP contribution in [-0.2, 0) is 0 Å². The number of benzene rings is 1. The number of thiophene rings is 1. The molecule has 0 radical (unpaired) electrons. The third-order valence-corrected chi connectivity index (χ3v) is 4.02. The van der Waals surface area contributed by atoms with Crippen LogP contribution in [0.3, 0.4) is 0 Å². The van der Waals surface area contributed by atoms with Crippen molar-refractivity contribution in [3.63, 3.8) is 0 Å². The molecule has 1 heterocycles. The van der Waals surface area contributed by atoms with Crippen LogP contribution in [0.2, 0.25) is 0 Å². The Bertz CT molecular complexity index is 442. The Morgan fingerprint density at radius 3 is 2.57 bits per heavy atom. The lowest BCUT2D eigenvalue weighted by atomic mass is 10.2. The summed E-state index contributed by atoms with van der Waals surface area (Å²) in [5, 5.41) is 0. The first kappa shape index (κ1) is 10.6. The van der Waals surface area contributed by atoms with Crippen molar-refractivity contribution >= 4 is 49.9 Å². The fourth-order valence-corrected chi connectivity index (χ4v) is 3.73. The number of aryl methyl sites for hydroxylation is 1. The molecule has 0 nitrogen and oxygen atoms in total. The number of halogens is 2. The Kier molecular flexibility index (Phi) is 3.29. The molecule has 1 aromatic carbocycles. The summed E-state index contributed by atoms with van der Waals surface area (Å²) < 4.78 is 2.41. The van der Waals surface area contributed by atoms with E-state index < -0.39 is 0 Å². The number of rotatable bonds is 1. The van der Waals surface area contributed by atoms with Gasteiger partial charge in [0.2, 0.25) is 0 Å². The Morgan fingerprint density at radius 1 is 1.21 bits per heavy atom. The molecule has 0 aliphatic heterocycles. The summed E-state index contributed by atoms with van der Waals surface area (Å²) in [4.78, 5) is 2.69. The van der Waals surface area contributed by atoms with Crippen LogP contribution >= 0.6 is 49.9 Å². The van der Waals surface area contributed by atoms with Crippen molar-refractivity contribution in [2.24, 2.45) is 0 Å². The van der Waals surface area contributed by atoms with Gasteiger partial charge < -0.3 is 0 Å². The van der Waals surface area contributed by atoms with Crippen LogP contribution in [-0.4, -0.2) is 0 Å². The molecule has 0 atom stereocenters. The highest BCUT2D eigenvalue weighted by molar-refractivity contribution is 14.1. The molecular weight excluding hydrogens is 371 g/mol. The van der Waals surface area contributed by atoms with Crippen molar-refractivity contribution in [2.45, 2.75) is 6.92 Å². The van der Waals surface area contributed by atoms with Gasteiger partial charge in [0, 0.05) is 17.8 Å². The maximum Gasteiger partial charge on any atom is 0.0346 e. The average Bonchev–Trinajstić information content (AvgIpc) is 2.50. The van der Waals surface area contributed by atoms with Crippen LogP contribution in [0.5, 0.6) is 0 Å². The minimum absolute atomic E-state index is 1.14. The van der Waals surface area contributed by atoms with Gasteiger partial charge in [0.15, 0.2) is 0 Å². The minimum atomic E-state index is 1.14. The minimum Gasteiger partial charge on any atom is -0.141 e. The van der Waals surface area contributed by atoms with Crippen molar-refractivity contribution in [1.29, 1.82) is 0 Å². The summed E-state index contributed by atoms with van der Waals surface area (Å²) in [5.41, 5.74) is 1.29. The molecule has 2 rings (SSSR count). The molecule has 3 heteroatoms. The highest BCUT2D eigenvalue weighted by Crippen LogP contribution is 2.30. The summed E-state index contributed by atoms with van der Waals surface area (Å²) >= 11 is 7.69. The van der Waals surface area contributed by atoms with Gasteiger partial charge in [0.1, 0.15) is 0 Å². The van der Waals surface area contributed by atoms with Gasteiger partial charge in [-0.2, -0.15) is 0 Å². The maximum absolute atomic E-state index is 3.52. The molecule has 0 spiro atoms. The van der Waals surface area contributed by atoms with Crippen molar-refractivity contribution in [3.8, 4) is 10.4 Å². The Hall–Kier alpha value is 0.130. The third-order valence-electron chi connectivity index (χ3n) is 1.89. The van der Waals surface area contributed by atoms with E-state index in [4.69, 9.17) is 0 Å². The highest BCUT2D eigenvalue weighted by atomic mass is 127. The lowest BCUT2D eigenvalue weighted by molar-refractivity contribution is 1.59. The van der Waals surface area contributed by atoms with Crippen LogP contribution < -0.4 is 0 Å². The van der Waals surface area contributed by atoms with E-state index in [-0.39, 0.29) is 0 Å². The first-order chi connectivity index (χ1) is 6.65. The van der Waals surface area contributed by atoms with Crippen molar-refractivity contribution in [3.05, 3.63) is 43.3 Å². The monoisotopic (exact) mass is 378 g/mol. The number of hydrogen-bond donors (Lipinski definition) is 0. The van der Waals surface area contributed by atoms with E-state index in [0.717, 1.165) is 4.47 Å². The zero-order valence-corrected chi connectivity index (χ0v) is 12.1. The highest BCUT2D eigenvalue weighted by Gasteiger charge is 2.02. The Balaban J connectivity index is 2.51. The molecule has 72 valence electrons. The van der Waals surface area contributed by atoms with Crippen molar-refractivity contribution in [1.82, 2.24) is 0 Å². The van der Waals surface area contributed by atoms with Crippen LogP contribution in [0.15, 0.2) is 34.8 Å². The first-order valence-electron chi connectivity index (χ1n) is 4.18. The summed E-state index contributed by atoms with van der Waals surface area (Å²) in [7, 11) is 0. The predicted octanol–water partition coefficient (Wildman–Crippen LogP) is 5.09. The van der Waals surface area contributed by atoms with Gasteiger partial charge in [-0.15, -0.1) is 11.3 Å². The van der Waals surface area contributed by atoms with Gasteiger partial charge in [-0.3, -0.25) is 0 Å². The van der Waals surface area contributed by atoms with Gasteiger partial charge in [-0.05, 0) is 65.4 Å². The van der Waals surface area contributed by atoms with Crippen molar-refractivity contribution in [2.75, 3.05) is 0 Å². The Labute approximate surface area is 110 Å². The Morgan fingerprint density at radius 2 is 2.00 bits per heavy atom. The molecule has 0 saturated heterocycles. The van der Waals surface area contributed by atoms with E-state index >= 15 is 0 Å². The number of hydrogen-bond acceptors (Lipinski definition) is 1. The van der Waals surface area contributed by atoms with E-state index in [2.05, 4.69) is 75.8 Å². The van der Waals surface area contributed by atoms with Gasteiger partial charge in [0.05, 0.1) is 0 Å². The van der Waals surface area contributed by atoms with Crippen molar-refractivity contribution < 1.29 is 0 Å². The fourth-order valence-electron chi connectivity index (χ4n) is 1.29. The van der Waals surface area contributed by atoms with Crippen LogP contribution in [0, 0.1) is 10.5 Å². The molecule has 14 heavy (non-hydrogen) atoms. The second-order valence-corrected chi connectivity index (χ2v) is 6.52. The lowest BCUT2D eigenvalue weighted by Gasteiger charge is -2.00. The molecule has 0 bridgehead atoms. The molecule has 1 aromatic heterocycles. The van der Waals surface area contributed by atoms with E-state index in [0.29, 0.717) is 0 Å². The second kappa shape index (κ2) is 4.33. The van der Waals surface area contributed by atoms with Crippen LogP contribution in [0.25, 0.3) is 10.4 Å². The van der Waals surface area contributed by atoms with Gasteiger partial charge in [0.25, 0.3) is 0 Å². The summed E-state index contributed by atoms with van der Waals surface area (Å²) in [6, 6.07) is 10.8. The molecular formula is C11H8BrIS. The van der Waals surface area contributed by atoms with Crippen LogP contribution in [0.4, 0.5) is 0 Å². The molecule has 0 unspecified atom stereocenters. The SMILES string of the molecule is Cc1ccc(-c2cc(Br)cc(I)c2)s1. The third kappa shape index (κ3) is 2.38. The average molecular weight is 379 g/mol. The van der Waals surface area contributed by atoms with Gasteiger partial charge >= 0.3 is 0 Å². The smallest absolute Gasteiger partial charge is 0.0346 e. The zero-order valence-electron chi connectivity index (χ0n) is 7.55. The molecule has 0 fully saturated rings. The summed E-state index contributed by atoms with van der Waals surface area (Å²) in [5.74, 6) is 0. The molecule has 0 saturated carbocycles. The summed E-state index contributed by atoms with van der Waals surface area (Å²) in [6.07, 6.45) is 0. The quantitative estimate of drug-likeness (QED) is 0.606. The largest absolute Gasteiger partial charge is 0.141 e. The second-order valence-electron chi connectivity index (χ2n) is 3.07. The molecule has 0 N–H and O–H groups in total. The normalized spacial score (nSPS) is 10.5. The molecule has 2 aromatic rings. The van der Waals surface area contributed by atoms with E-state index in [1.807, 2.05) is 11.3 Å². The molecule has 0 aliphatic rings. The van der Waals surface area contributed by atoms with E-state index in [9.17, 15) is 0 Å². The van der Waals surface area contributed by atoms with Gasteiger partial charge in [-0.1, -0.05) is 15.9 Å². The van der Waals surface area contributed by atoms with Crippen LogP contribution in [0.1, 0.15) is 4.88 Å².